The average Bonchev–Trinajstić information content (AvgIpc) is 3.11. The van der Waals surface area contributed by atoms with Crippen molar-refractivity contribution in [3.05, 3.63) is 48.7 Å². The first-order chi connectivity index (χ1) is 11.3. The summed E-state index contributed by atoms with van der Waals surface area (Å²) in [5.74, 6) is 0.792. The number of nitrogens with one attached hydrogen (secondary N) is 2. The molecule has 2 aromatic heterocycles. The molecule has 0 unspecified atom stereocenters. The molecule has 3 aromatic rings. The van der Waals surface area contributed by atoms with E-state index in [0.717, 1.165) is 5.56 Å². The molecule has 0 aliphatic carbocycles. The lowest BCUT2D eigenvalue weighted by atomic mass is 10.2. The van der Waals surface area contributed by atoms with E-state index in [-0.39, 0.29) is 11.8 Å². The van der Waals surface area contributed by atoms with Gasteiger partial charge in [-0.15, -0.1) is 11.6 Å². The van der Waals surface area contributed by atoms with Crippen molar-refractivity contribution in [3.8, 4) is 22.8 Å². The van der Waals surface area contributed by atoms with Crippen LogP contribution in [0.5, 0.6) is 0 Å². The van der Waals surface area contributed by atoms with Crippen molar-refractivity contribution in [2.75, 3.05) is 11.3 Å². The largest absolute Gasteiger partial charge is 0.334 e. The third-order valence-electron chi connectivity index (χ3n) is 2.92. The van der Waals surface area contributed by atoms with Gasteiger partial charge in [-0.2, -0.15) is 4.98 Å². The summed E-state index contributed by atoms with van der Waals surface area (Å²) in [6.07, 6.45) is 1.57. The van der Waals surface area contributed by atoms with Crippen LogP contribution >= 0.6 is 11.6 Å². The van der Waals surface area contributed by atoms with Gasteiger partial charge in [0, 0.05) is 17.3 Å². The Morgan fingerprint density at radius 2 is 2.00 bits per heavy atom. The number of anilines is 1. The van der Waals surface area contributed by atoms with Crippen LogP contribution in [0.15, 0.2) is 53.2 Å². The zero-order chi connectivity index (χ0) is 16.1. The molecule has 2 heterocycles. The van der Waals surface area contributed by atoms with Gasteiger partial charge in [-0.05, 0) is 12.1 Å². The first-order valence-corrected chi connectivity index (χ1v) is 7.26. The standard InChI is InChI=1S/C15H12ClN5O2/c16-9-13(22)20-19-12-8-11(6-7-17-12)15-18-14(21-23-15)10-4-2-1-3-5-10/h1-8H,9H2,(H,17,19)(H,20,22). The molecule has 116 valence electrons. The molecule has 0 radical (unpaired) electrons. The number of carbonyl (C=O) groups excluding carboxylic acids is 1. The number of amides is 1. The van der Waals surface area contributed by atoms with Gasteiger partial charge in [0.15, 0.2) is 0 Å². The van der Waals surface area contributed by atoms with Crippen molar-refractivity contribution in [3.63, 3.8) is 0 Å². The molecular formula is C15H12ClN5O2. The number of pyridine rings is 1. The molecule has 0 fully saturated rings. The molecule has 2 N–H and O–H groups in total. The topological polar surface area (TPSA) is 92.9 Å². The van der Waals surface area contributed by atoms with Crippen molar-refractivity contribution >= 4 is 23.3 Å². The molecule has 0 aliphatic heterocycles. The van der Waals surface area contributed by atoms with E-state index in [4.69, 9.17) is 16.1 Å². The predicted molar refractivity (Wildman–Crippen MR) is 85.5 cm³/mol. The van der Waals surface area contributed by atoms with Crippen molar-refractivity contribution in [2.45, 2.75) is 0 Å². The minimum absolute atomic E-state index is 0.142. The van der Waals surface area contributed by atoms with Gasteiger partial charge in [-0.25, -0.2) is 4.98 Å². The van der Waals surface area contributed by atoms with Crippen LogP contribution in [0.1, 0.15) is 0 Å². The van der Waals surface area contributed by atoms with E-state index in [9.17, 15) is 4.79 Å². The van der Waals surface area contributed by atoms with Gasteiger partial charge >= 0.3 is 0 Å². The number of nitrogens with zero attached hydrogens (tertiary/aromatic N) is 3. The van der Waals surface area contributed by atoms with E-state index >= 15 is 0 Å². The molecule has 0 atom stereocenters. The summed E-state index contributed by atoms with van der Waals surface area (Å²) < 4.78 is 5.28. The summed E-state index contributed by atoms with van der Waals surface area (Å²) in [5, 5.41) is 3.97. The first kappa shape index (κ1) is 15.0. The Hall–Kier alpha value is -2.93. The van der Waals surface area contributed by atoms with E-state index in [1.54, 1.807) is 18.3 Å². The number of hydrazine groups is 1. The average molecular weight is 330 g/mol. The Bertz CT molecular complexity index is 806. The first-order valence-electron chi connectivity index (χ1n) is 6.72. The SMILES string of the molecule is O=C(CCl)NNc1cc(-c2nc(-c3ccccc3)no2)ccn1. The number of hydrogen-bond donors (Lipinski definition) is 2. The number of alkyl halides is 1. The summed E-state index contributed by atoms with van der Waals surface area (Å²) >= 11 is 5.40. The fourth-order valence-corrected chi connectivity index (χ4v) is 1.91. The van der Waals surface area contributed by atoms with Gasteiger partial charge in [-0.1, -0.05) is 35.5 Å². The van der Waals surface area contributed by atoms with Gasteiger partial charge in [0.2, 0.25) is 5.82 Å². The third-order valence-corrected chi connectivity index (χ3v) is 3.16. The molecule has 0 aliphatic rings. The normalized spacial score (nSPS) is 10.3. The monoisotopic (exact) mass is 329 g/mol. The van der Waals surface area contributed by atoms with Crippen molar-refractivity contribution in [1.82, 2.24) is 20.6 Å². The summed E-state index contributed by atoms with van der Waals surface area (Å²) in [4.78, 5) is 19.6. The van der Waals surface area contributed by atoms with Gasteiger partial charge in [0.1, 0.15) is 11.7 Å². The Morgan fingerprint density at radius 3 is 2.78 bits per heavy atom. The van der Waals surface area contributed by atoms with Crippen LogP contribution in [0, 0.1) is 0 Å². The molecule has 3 rings (SSSR count). The van der Waals surface area contributed by atoms with Crippen LogP contribution in [0.3, 0.4) is 0 Å². The second-order valence-corrected chi connectivity index (χ2v) is 4.79. The summed E-state index contributed by atoms with van der Waals surface area (Å²) in [6, 6.07) is 12.9. The van der Waals surface area contributed by atoms with E-state index < -0.39 is 0 Å². The maximum absolute atomic E-state index is 11.1. The van der Waals surface area contributed by atoms with Crippen LogP contribution in [-0.2, 0) is 4.79 Å². The second kappa shape index (κ2) is 6.89. The van der Waals surface area contributed by atoms with Crippen molar-refractivity contribution in [1.29, 1.82) is 0 Å². The van der Waals surface area contributed by atoms with E-state index in [1.165, 1.54) is 0 Å². The summed E-state index contributed by atoms with van der Waals surface area (Å²) in [6.45, 7) is 0. The number of aromatic nitrogens is 3. The number of hydrogen-bond acceptors (Lipinski definition) is 6. The molecule has 0 spiro atoms. The number of halogens is 1. The van der Waals surface area contributed by atoms with Crippen LogP contribution in [0.25, 0.3) is 22.8 Å². The Labute approximate surface area is 136 Å². The minimum atomic E-state index is -0.358. The molecule has 8 heteroatoms. The molecule has 23 heavy (non-hydrogen) atoms. The summed E-state index contributed by atoms with van der Waals surface area (Å²) in [5.41, 5.74) is 6.61. The highest BCUT2D eigenvalue weighted by Crippen LogP contribution is 2.22. The lowest BCUT2D eigenvalue weighted by Crippen LogP contribution is -2.30. The van der Waals surface area contributed by atoms with E-state index in [0.29, 0.717) is 23.1 Å². The van der Waals surface area contributed by atoms with Crippen LogP contribution < -0.4 is 10.9 Å². The van der Waals surface area contributed by atoms with Gasteiger partial charge < -0.3 is 4.52 Å². The number of carbonyl (C=O) groups is 1. The van der Waals surface area contributed by atoms with Gasteiger partial charge in [0.05, 0.1) is 0 Å². The maximum atomic E-state index is 11.1. The molecule has 1 aromatic carbocycles. The molecule has 7 nitrogen and oxygen atoms in total. The van der Waals surface area contributed by atoms with Crippen LogP contribution in [0.4, 0.5) is 5.82 Å². The summed E-state index contributed by atoms with van der Waals surface area (Å²) in [7, 11) is 0. The van der Waals surface area contributed by atoms with Crippen molar-refractivity contribution < 1.29 is 9.32 Å². The predicted octanol–water partition coefficient (Wildman–Crippen LogP) is 2.48. The Kier molecular flexibility index (Phi) is 4.49. The minimum Gasteiger partial charge on any atom is -0.334 e. The highest BCUT2D eigenvalue weighted by atomic mass is 35.5. The molecule has 0 saturated heterocycles. The highest BCUT2D eigenvalue weighted by molar-refractivity contribution is 6.27. The molecule has 1 amide bonds. The zero-order valence-corrected chi connectivity index (χ0v) is 12.6. The smallest absolute Gasteiger partial charge is 0.258 e. The zero-order valence-electron chi connectivity index (χ0n) is 11.9. The second-order valence-electron chi connectivity index (χ2n) is 4.53. The van der Waals surface area contributed by atoms with Crippen molar-refractivity contribution in [2.24, 2.45) is 0 Å². The lowest BCUT2D eigenvalue weighted by Gasteiger charge is -2.06. The fraction of sp³-hybridized carbons (Fsp3) is 0.0667. The van der Waals surface area contributed by atoms with Crippen LogP contribution in [0.2, 0.25) is 0 Å². The highest BCUT2D eigenvalue weighted by Gasteiger charge is 2.11. The van der Waals surface area contributed by atoms with Crippen LogP contribution in [-0.4, -0.2) is 26.9 Å². The number of rotatable bonds is 5. The Morgan fingerprint density at radius 1 is 1.17 bits per heavy atom. The Balaban J connectivity index is 1.80. The van der Waals surface area contributed by atoms with E-state index in [2.05, 4.69) is 26.0 Å². The molecule has 0 saturated carbocycles. The molecular weight excluding hydrogens is 318 g/mol. The number of benzene rings is 1. The quantitative estimate of drug-likeness (QED) is 0.552. The third kappa shape index (κ3) is 3.64. The maximum Gasteiger partial charge on any atom is 0.258 e. The van der Waals surface area contributed by atoms with Gasteiger partial charge in [-0.3, -0.25) is 15.6 Å². The van der Waals surface area contributed by atoms with Gasteiger partial charge in [0.25, 0.3) is 11.8 Å². The molecule has 0 bridgehead atoms. The van der Waals surface area contributed by atoms with E-state index in [1.807, 2.05) is 30.3 Å². The lowest BCUT2D eigenvalue weighted by molar-refractivity contribution is -0.118. The fourth-order valence-electron chi connectivity index (χ4n) is 1.84.